The molecule has 0 saturated heterocycles. The third-order valence-electron chi connectivity index (χ3n) is 4.25. The molecule has 3 rings (SSSR count). The van der Waals surface area contributed by atoms with Crippen LogP contribution in [0.3, 0.4) is 0 Å². The summed E-state index contributed by atoms with van der Waals surface area (Å²) in [4.78, 5) is 24.6. The molecule has 2 aromatic rings. The van der Waals surface area contributed by atoms with E-state index in [1.807, 2.05) is 24.3 Å². The highest BCUT2D eigenvalue weighted by Crippen LogP contribution is 2.40. The van der Waals surface area contributed by atoms with Gasteiger partial charge in [0.2, 0.25) is 17.6 Å². The first-order chi connectivity index (χ1) is 12.6. The molecule has 0 fully saturated rings. The number of benzene rings is 2. The normalized spacial score (nSPS) is 15.0. The molecule has 1 heterocycles. The van der Waals surface area contributed by atoms with E-state index in [-0.39, 0.29) is 18.2 Å². The lowest BCUT2D eigenvalue weighted by Crippen LogP contribution is -2.20. The van der Waals surface area contributed by atoms with E-state index in [9.17, 15) is 9.59 Å². The van der Waals surface area contributed by atoms with Crippen LogP contribution < -0.4 is 24.8 Å². The van der Waals surface area contributed by atoms with E-state index in [0.717, 1.165) is 11.3 Å². The standard InChI is InChI=1S/C19H20N2O5/c1-24-15-8-11(9-16(25-2)18(15)26-3)20-17(22)10-13-12-6-4-5-7-14(12)21-19(13)23/h4-9,13H,10H2,1-3H3,(H,20,22)(H,21,23)/t13-/m0/s1. The maximum absolute atomic E-state index is 12.5. The van der Waals surface area contributed by atoms with Gasteiger partial charge in [0.05, 0.1) is 27.2 Å². The summed E-state index contributed by atoms with van der Waals surface area (Å²) in [7, 11) is 4.51. The minimum Gasteiger partial charge on any atom is -0.493 e. The molecule has 7 heteroatoms. The van der Waals surface area contributed by atoms with Crippen molar-refractivity contribution in [1.29, 1.82) is 0 Å². The highest BCUT2D eigenvalue weighted by molar-refractivity contribution is 6.06. The fourth-order valence-electron chi connectivity index (χ4n) is 3.03. The minimum absolute atomic E-state index is 0.0412. The monoisotopic (exact) mass is 356 g/mol. The van der Waals surface area contributed by atoms with Crippen LogP contribution in [0.5, 0.6) is 17.2 Å². The molecule has 2 aromatic carbocycles. The van der Waals surface area contributed by atoms with Crippen molar-refractivity contribution in [2.45, 2.75) is 12.3 Å². The summed E-state index contributed by atoms with van der Waals surface area (Å²) in [5.41, 5.74) is 2.08. The first-order valence-electron chi connectivity index (χ1n) is 8.07. The van der Waals surface area contributed by atoms with Gasteiger partial charge >= 0.3 is 0 Å². The van der Waals surface area contributed by atoms with Crippen molar-refractivity contribution in [3.8, 4) is 17.2 Å². The van der Waals surface area contributed by atoms with Crippen LogP contribution in [0, 0.1) is 0 Å². The number of methoxy groups -OCH3 is 3. The van der Waals surface area contributed by atoms with E-state index in [0.29, 0.717) is 22.9 Å². The number of ether oxygens (including phenoxy) is 3. The molecule has 7 nitrogen and oxygen atoms in total. The topological polar surface area (TPSA) is 85.9 Å². The van der Waals surface area contributed by atoms with E-state index in [4.69, 9.17) is 14.2 Å². The number of para-hydroxylation sites is 1. The highest BCUT2D eigenvalue weighted by Gasteiger charge is 2.32. The SMILES string of the molecule is COc1cc(NC(=O)C[C@@H]2C(=O)Nc3ccccc32)cc(OC)c1OC. The number of fused-ring (bicyclic) bond motifs is 1. The van der Waals surface area contributed by atoms with Crippen LogP contribution >= 0.6 is 0 Å². The maximum atomic E-state index is 12.5. The summed E-state index contributed by atoms with van der Waals surface area (Å²) in [6.07, 6.45) is 0.0412. The summed E-state index contributed by atoms with van der Waals surface area (Å²) >= 11 is 0. The van der Waals surface area contributed by atoms with Gasteiger partial charge in [-0.15, -0.1) is 0 Å². The first-order valence-corrected chi connectivity index (χ1v) is 8.07. The van der Waals surface area contributed by atoms with Gasteiger partial charge in [-0.05, 0) is 11.6 Å². The Bertz CT molecular complexity index is 825. The Balaban J connectivity index is 1.78. The zero-order valence-electron chi connectivity index (χ0n) is 14.8. The van der Waals surface area contributed by atoms with Gasteiger partial charge in [-0.2, -0.15) is 0 Å². The lowest BCUT2D eigenvalue weighted by molar-refractivity contribution is -0.122. The summed E-state index contributed by atoms with van der Waals surface area (Å²) in [6.45, 7) is 0. The van der Waals surface area contributed by atoms with Crippen LogP contribution in [0.1, 0.15) is 17.9 Å². The van der Waals surface area contributed by atoms with Crippen LogP contribution in [-0.4, -0.2) is 33.1 Å². The Kier molecular flexibility index (Phi) is 4.97. The smallest absolute Gasteiger partial charge is 0.232 e. The van der Waals surface area contributed by atoms with Gasteiger partial charge in [0.1, 0.15) is 0 Å². The second kappa shape index (κ2) is 7.35. The number of amides is 2. The average molecular weight is 356 g/mol. The van der Waals surface area contributed by atoms with Crippen LogP contribution in [0.4, 0.5) is 11.4 Å². The molecular formula is C19H20N2O5. The fourth-order valence-corrected chi connectivity index (χ4v) is 3.03. The van der Waals surface area contributed by atoms with Crippen molar-refractivity contribution in [3.63, 3.8) is 0 Å². The van der Waals surface area contributed by atoms with E-state index in [1.165, 1.54) is 21.3 Å². The Morgan fingerprint density at radius 1 is 1.08 bits per heavy atom. The number of nitrogens with one attached hydrogen (secondary N) is 2. The number of hydrogen-bond acceptors (Lipinski definition) is 5. The van der Waals surface area contributed by atoms with Gasteiger partial charge in [0.15, 0.2) is 11.5 Å². The molecule has 0 spiro atoms. The molecule has 0 unspecified atom stereocenters. The number of rotatable bonds is 6. The molecule has 1 aliphatic heterocycles. The molecule has 2 amide bonds. The van der Waals surface area contributed by atoms with Crippen molar-refractivity contribution >= 4 is 23.2 Å². The quantitative estimate of drug-likeness (QED) is 0.831. The molecule has 0 aliphatic carbocycles. The van der Waals surface area contributed by atoms with E-state index in [1.54, 1.807) is 12.1 Å². The molecule has 1 atom stereocenters. The zero-order chi connectivity index (χ0) is 18.7. The predicted octanol–water partition coefficient (Wildman–Crippen LogP) is 2.78. The van der Waals surface area contributed by atoms with Gasteiger partial charge in [-0.3, -0.25) is 9.59 Å². The summed E-state index contributed by atoms with van der Waals surface area (Å²) < 4.78 is 15.8. The Morgan fingerprint density at radius 3 is 2.35 bits per heavy atom. The Hall–Kier alpha value is -3.22. The van der Waals surface area contributed by atoms with Crippen molar-refractivity contribution < 1.29 is 23.8 Å². The fraction of sp³-hybridized carbons (Fsp3) is 0.263. The maximum Gasteiger partial charge on any atom is 0.232 e. The molecular weight excluding hydrogens is 336 g/mol. The van der Waals surface area contributed by atoms with Gasteiger partial charge in [0, 0.05) is 29.9 Å². The molecule has 1 aliphatic rings. The lowest BCUT2D eigenvalue weighted by Gasteiger charge is -2.15. The van der Waals surface area contributed by atoms with Crippen molar-refractivity contribution in [2.75, 3.05) is 32.0 Å². The molecule has 26 heavy (non-hydrogen) atoms. The summed E-state index contributed by atoms with van der Waals surface area (Å²) in [6, 6.07) is 10.7. The average Bonchev–Trinajstić information content (AvgIpc) is 2.96. The third kappa shape index (κ3) is 3.28. The van der Waals surface area contributed by atoms with E-state index < -0.39 is 5.92 Å². The van der Waals surface area contributed by atoms with Crippen molar-refractivity contribution in [2.24, 2.45) is 0 Å². The number of hydrogen-bond donors (Lipinski definition) is 2. The molecule has 2 N–H and O–H groups in total. The highest BCUT2D eigenvalue weighted by atomic mass is 16.5. The zero-order valence-corrected chi connectivity index (χ0v) is 14.8. The van der Waals surface area contributed by atoms with Crippen LogP contribution in [0.25, 0.3) is 0 Å². The Labute approximate surface area is 151 Å². The number of carbonyl (C=O) groups excluding carboxylic acids is 2. The summed E-state index contributed by atoms with van der Waals surface area (Å²) in [5, 5.41) is 5.58. The van der Waals surface area contributed by atoms with Gasteiger partial charge in [0.25, 0.3) is 0 Å². The summed E-state index contributed by atoms with van der Waals surface area (Å²) in [5.74, 6) is 0.352. The molecule has 136 valence electrons. The number of carbonyl (C=O) groups is 2. The second-order valence-corrected chi connectivity index (χ2v) is 5.80. The molecule has 0 radical (unpaired) electrons. The van der Waals surface area contributed by atoms with E-state index >= 15 is 0 Å². The van der Waals surface area contributed by atoms with E-state index in [2.05, 4.69) is 10.6 Å². The second-order valence-electron chi connectivity index (χ2n) is 5.80. The predicted molar refractivity (Wildman–Crippen MR) is 97.2 cm³/mol. The number of anilines is 2. The molecule has 0 aromatic heterocycles. The molecule has 0 saturated carbocycles. The Morgan fingerprint density at radius 2 is 1.73 bits per heavy atom. The minimum atomic E-state index is -0.506. The third-order valence-corrected chi connectivity index (χ3v) is 4.25. The van der Waals surface area contributed by atoms with Crippen LogP contribution in [-0.2, 0) is 9.59 Å². The largest absolute Gasteiger partial charge is 0.493 e. The lowest BCUT2D eigenvalue weighted by atomic mass is 9.97. The van der Waals surface area contributed by atoms with Crippen LogP contribution in [0.2, 0.25) is 0 Å². The van der Waals surface area contributed by atoms with Gasteiger partial charge < -0.3 is 24.8 Å². The van der Waals surface area contributed by atoms with Gasteiger partial charge in [-0.1, -0.05) is 18.2 Å². The van der Waals surface area contributed by atoms with Crippen LogP contribution in [0.15, 0.2) is 36.4 Å². The first kappa shape index (κ1) is 17.6. The van der Waals surface area contributed by atoms with Gasteiger partial charge in [-0.25, -0.2) is 0 Å². The van der Waals surface area contributed by atoms with Crippen molar-refractivity contribution in [3.05, 3.63) is 42.0 Å². The van der Waals surface area contributed by atoms with Crippen molar-refractivity contribution in [1.82, 2.24) is 0 Å². The molecule has 0 bridgehead atoms.